The largest absolute Gasteiger partial charge is 0.377 e. The number of hydrogen-bond acceptors (Lipinski definition) is 6. The van der Waals surface area contributed by atoms with Crippen LogP contribution < -0.4 is 10.0 Å². The van der Waals surface area contributed by atoms with Crippen LogP contribution in [0.1, 0.15) is 12.8 Å². The fourth-order valence-corrected chi connectivity index (χ4v) is 2.39. The zero-order valence-corrected chi connectivity index (χ0v) is 10.7. The van der Waals surface area contributed by atoms with Crippen molar-refractivity contribution in [3.8, 4) is 0 Å². The van der Waals surface area contributed by atoms with E-state index in [0.29, 0.717) is 19.3 Å². The van der Waals surface area contributed by atoms with Gasteiger partial charge in [-0.25, -0.2) is 13.4 Å². The van der Waals surface area contributed by atoms with Crippen molar-refractivity contribution in [2.45, 2.75) is 18.9 Å². The highest BCUT2D eigenvalue weighted by molar-refractivity contribution is 7.89. The minimum atomic E-state index is -3.25. The molecule has 1 unspecified atom stereocenters. The summed E-state index contributed by atoms with van der Waals surface area (Å²) in [4.78, 5) is 6.21. The maximum absolute atomic E-state index is 11.0. The average molecular weight is 262 g/mol. The highest BCUT2D eigenvalue weighted by Gasteiger charge is 2.21. The van der Waals surface area contributed by atoms with Crippen LogP contribution in [0.4, 0.5) is 0 Å². The van der Waals surface area contributed by atoms with Gasteiger partial charge in [0.05, 0.1) is 25.7 Å². The first-order valence-electron chi connectivity index (χ1n) is 5.63. The number of sulfonamides is 1. The van der Waals surface area contributed by atoms with Crippen LogP contribution in [-0.2, 0) is 14.8 Å². The molecular weight excluding hydrogens is 244 g/mol. The zero-order chi connectivity index (χ0) is 12.3. The zero-order valence-electron chi connectivity index (χ0n) is 9.85. The van der Waals surface area contributed by atoms with E-state index in [4.69, 9.17) is 4.74 Å². The Labute approximate surface area is 101 Å². The molecule has 2 heterocycles. The summed E-state index contributed by atoms with van der Waals surface area (Å²) in [6.07, 6.45) is 3.61. The molecule has 17 heavy (non-hydrogen) atoms. The molecule has 1 saturated heterocycles. The minimum absolute atomic E-state index is 0.288. The lowest BCUT2D eigenvalue weighted by molar-refractivity contribution is 0.0714. The second kappa shape index (κ2) is 5.19. The fourth-order valence-electron chi connectivity index (χ4n) is 1.91. The molecular formula is C9H18N4O3S. The van der Waals surface area contributed by atoms with Gasteiger partial charge in [0.15, 0.2) is 0 Å². The Morgan fingerprint density at radius 3 is 3.00 bits per heavy atom. The molecule has 0 amide bonds. The fraction of sp³-hybridized carbons (Fsp3) is 0.889. The number of hydrogen-bond donors (Lipinski definition) is 2. The van der Waals surface area contributed by atoms with Crippen molar-refractivity contribution in [2.24, 2.45) is 4.99 Å². The smallest absolute Gasteiger partial charge is 0.232 e. The number of guanidine groups is 1. The normalized spacial score (nSPS) is 26.4. The molecule has 7 nitrogen and oxygen atoms in total. The summed E-state index contributed by atoms with van der Waals surface area (Å²) in [5.74, 6) is 0.316. The molecule has 2 rings (SSSR count). The van der Waals surface area contributed by atoms with Gasteiger partial charge in [-0.1, -0.05) is 0 Å². The third kappa shape index (κ3) is 4.14. The summed E-state index contributed by atoms with van der Waals surface area (Å²) in [5, 5.41) is 2.93. The third-order valence-corrected chi connectivity index (χ3v) is 3.23. The van der Waals surface area contributed by atoms with Crippen molar-refractivity contribution >= 4 is 16.0 Å². The number of nitrogens with zero attached hydrogens (tertiary/aromatic N) is 2. The highest BCUT2D eigenvalue weighted by Crippen LogP contribution is 2.13. The third-order valence-electron chi connectivity index (χ3n) is 2.67. The molecule has 0 aromatic rings. The number of aliphatic imine (C=N–C) groups is 1. The van der Waals surface area contributed by atoms with E-state index in [-0.39, 0.29) is 6.10 Å². The predicted molar refractivity (Wildman–Crippen MR) is 64.0 cm³/mol. The van der Waals surface area contributed by atoms with E-state index >= 15 is 0 Å². The van der Waals surface area contributed by atoms with Gasteiger partial charge in [0.2, 0.25) is 16.0 Å². The molecule has 2 aliphatic heterocycles. The molecule has 0 radical (unpaired) electrons. The highest BCUT2D eigenvalue weighted by atomic mass is 32.2. The minimum Gasteiger partial charge on any atom is -0.377 e. The lowest BCUT2D eigenvalue weighted by Crippen LogP contribution is -2.51. The van der Waals surface area contributed by atoms with Gasteiger partial charge < -0.3 is 10.1 Å². The molecule has 2 N–H and O–H groups in total. The van der Waals surface area contributed by atoms with Gasteiger partial charge in [0, 0.05) is 13.2 Å². The van der Waals surface area contributed by atoms with Crippen molar-refractivity contribution < 1.29 is 13.2 Å². The van der Waals surface area contributed by atoms with E-state index in [1.165, 1.54) is 0 Å². The molecule has 1 fully saturated rings. The number of ether oxygens (including phenoxy) is 1. The lowest BCUT2D eigenvalue weighted by Gasteiger charge is -2.28. The summed E-state index contributed by atoms with van der Waals surface area (Å²) in [5.41, 5.74) is 0. The van der Waals surface area contributed by atoms with Crippen molar-refractivity contribution in [3.05, 3.63) is 0 Å². The van der Waals surface area contributed by atoms with Crippen molar-refractivity contribution in [2.75, 3.05) is 32.7 Å². The standard InChI is InChI=1S/C9H18N4O3S/c1-17(14,15)12-9-10-6-13(7-11-9)5-8-3-2-4-16-8/h8H,2-7H2,1H3,(H2,10,11,12). The van der Waals surface area contributed by atoms with Crippen LogP contribution in [0.5, 0.6) is 0 Å². The summed E-state index contributed by atoms with van der Waals surface area (Å²) < 4.78 is 29.8. The van der Waals surface area contributed by atoms with Crippen LogP contribution in [0.2, 0.25) is 0 Å². The molecule has 0 aliphatic carbocycles. The SMILES string of the molecule is CS(=O)(=O)NC1=NCN(CC2CCCO2)CN1. The van der Waals surface area contributed by atoms with E-state index in [1.807, 2.05) is 0 Å². The van der Waals surface area contributed by atoms with Gasteiger partial charge in [-0.15, -0.1) is 0 Å². The first-order chi connectivity index (χ1) is 8.03. The van der Waals surface area contributed by atoms with E-state index in [2.05, 4.69) is 19.9 Å². The van der Waals surface area contributed by atoms with Crippen LogP contribution in [0.25, 0.3) is 0 Å². The average Bonchev–Trinajstić information content (AvgIpc) is 2.71. The first kappa shape index (κ1) is 12.6. The van der Waals surface area contributed by atoms with Crippen LogP contribution >= 0.6 is 0 Å². The Bertz CT molecular complexity index is 389. The van der Waals surface area contributed by atoms with Crippen molar-refractivity contribution in [1.29, 1.82) is 0 Å². The van der Waals surface area contributed by atoms with Crippen LogP contribution in [-0.4, -0.2) is 58.1 Å². The second-order valence-corrected chi connectivity index (χ2v) is 6.09. The molecule has 0 spiro atoms. The Hall–Kier alpha value is -0.860. The summed E-state index contributed by atoms with van der Waals surface area (Å²) in [6, 6.07) is 0. The molecule has 0 aromatic carbocycles. The lowest BCUT2D eigenvalue weighted by atomic mass is 10.2. The van der Waals surface area contributed by atoms with Crippen LogP contribution in [0.3, 0.4) is 0 Å². The summed E-state index contributed by atoms with van der Waals surface area (Å²) in [7, 11) is -3.25. The Morgan fingerprint density at radius 1 is 1.65 bits per heavy atom. The topological polar surface area (TPSA) is 83.0 Å². The molecule has 0 aromatic heterocycles. The molecule has 1 atom stereocenters. The molecule has 0 saturated carbocycles. The summed E-state index contributed by atoms with van der Waals surface area (Å²) in [6.45, 7) is 2.75. The van der Waals surface area contributed by atoms with E-state index in [9.17, 15) is 8.42 Å². The van der Waals surface area contributed by atoms with Gasteiger partial charge in [0.25, 0.3) is 0 Å². The first-order valence-corrected chi connectivity index (χ1v) is 7.52. The second-order valence-electron chi connectivity index (χ2n) is 4.35. The van der Waals surface area contributed by atoms with Crippen molar-refractivity contribution in [1.82, 2.24) is 14.9 Å². The Kier molecular flexibility index (Phi) is 3.85. The van der Waals surface area contributed by atoms with E-state index < -0.39 is 10.0 Å². The molecule has 0 bridgehead atoms. The maximum Gasteiger partial charge on any atom is 0.232 e. The molecule has 98 valence electrons. The van der Waals surface area contributed by atoms with Gasteiger partial charge in [-0.3, -0.25) is 9.62 Å². The van der Waals surface area contributed by atoms with Crippen LogP contribution in [0, 0.1) is 0 Å². The van der Waals surface area contributed by atoms with Gasteiger partial charge in [-0.2, -0.15) is 0 Å². The monoisotopic (exact) mass is 262 g/mol. The molecule has 2 aliphatic rings. The quantitative estimate of drug-likeness (QED) is 0.674. The molecule has 8 heteroatoms. The van der Waals surface area contributed by atoms with Gasteiger partial charge in [0.1, 0.15) is 0 Å². The van der Waals surface area contributed by atoms with Gasteiger partial charge in [-0.05, 0) is 12.8 Å². The Morgan fingerprint density at radius 2 is 2.47 bits per heavy atom. The Balaban J connectivity index is 1.79. The summed E-state index contributed by atoms with van der Waals surface area (Å²) >= 11 is 0. The van der Waals surface area contributed by atoms with Gasteiger partial charge >= 0.3 is 0 Å². The van der Waals surface area contributed by atoms with Crippen molar-refractivity contribution in [3.63, 3.8) is 0 Å². The number of nitrogens with one attached hydrogen (secondary N) is 2. The number of rotatable bonds is 3. The maximum atomic E-state index is 11.0. The predicted octanol–water partition coefficient (Wildman–Crippen LogP) is -1.11. The van der Waals surface area contributed by atoms with E-state index in [1.54, 1.807) is 0 Å². The van der Waals surface area contributed by atoms with Crippen LogP contribution in [0.15, 0.2) is 4.99 Å². The van der Waals surface area contributed by atoms with E-state index in [0.717, 1.165) is 32.2 Å².